The van der Waals surface area contributed by atoms with Crippen molar-refractivity contribution in [3.05, 3.63) is 34.9 Å². The van der Waals surface area contributed by atoms with Crippen molar-refractivity contribution in [1.82, 2.24) is 5.32 Å². The Hall–Kier alpha value is -0.530. The van der Waals surface area contributed by atoms with Gasteiger partial charge in [-0.05, 0) is 42.9 Å². The molecule has 0 fully saturated rings. The van der Waals surface area contributed by atoms with Crippen LogP contribution >= 0.6 is 11.6 Å². The zero-order valence-electron chi connectivity index (χ0n) is 11.4. The first-order valence-corrected chi connectivity index (χ1v) is 6.93. The van der Waals surface area contributed by atoms with E-state index < -0.39 is 0 Å². The third-order valence-corrected chi connectivity index (χ3v) is 3.58. The Balaban J connectivity index is 2.56. The van der Waals surface area contributed by atoms with Crippen molar-refractivity contribution in [3.63, 3.8) is 0 Å². The summed E-state index contributed by atoms with van der Waals surface area (Å²) < 4.78 is 0. The maximum atomic E-state index is 5.83. The van der Waals surface area contributed by atoms with E-state index in [-0.39, 0.29) is 0 Å². The summed E-state index contributed by atoms with van der Waals surface area (Å²) in [5, 5.41) is 3.60. The van der Waals surface area contributed by atoms with Gasteiger partial charge in [-0.15, -0.1) is 11.6 Å². The van der Waals surface area contributed by atoms with E-state index in [0.717, 1.165) is 18.8 Å². The van der Waals surface area contributed by atoms with Gasteiger partial charge < -0.3 is 5.32 Å². The van der Waals surface area contributed by atoms with Crippen molar-refractivity contribution < 1.29 is 0 Å². The first kappa shape index (κ1) is 14.5. The molecule has 0 heterocycles. The highest BCUT2D eigenvalue weighted by Crippen LogP contribution is 2.12. The van der Waals surface area contributed by atoms with Crippen LogP contribution in [0.4, 0.5) is 0 Å². The average Bonchev–Trinajstić information content (AvgIpc) is 2.28. The molecule has 1 atom stereocenters. The first-order chi connectivity index (χ1) is 8.04. The minimum absolute atomic E-state index is 0.508. The van der Waals surface area contributed by atoms with Gasteiger partial charge in [0, 0.05) is 18.5 Å². The SMILES string of the molecule is Cc1ccc(CNC(CCCl)C(C)C)cc1C. The Kier molecular flexibility index (Phi) is 6.01. The van der Waals surface area contributed by atoms with Crippen LogP contribution in [0.25, 0.3) is 0 Å². The molecule has 0 saturated heterocycles. The van der Waals surface area contributed by atoms with Crippen molar-refractivity contribution in [2.24, 2.45) is 5.92 Å². The monoisotopic (exact) mass is 253 g/mol. The minimum Gasteiger partial charge on any atom is -0.310 e. The predicted molar refractivity (Wildman–Crippen MR) is 76.7 cm³/mol. The first-order valence-electron chi connectivity index (χ1n) is 6.40. The second-order valence-corrected chi connectivity index (χ2v) is 5.51. The van der Waals surface area contributed by atoms with E-state index in [2.05, 4.69) is 51.2 Å². The molecular formula is C15H24ClN. The number of nitrogens with one attached hydrogen (secondary N) is 1. The normalized spacial score (nSPS) is 13.1. The number of halogens is 1. The van der Waals surface area contributed by atoms with Crippen LogP contribution in [-0.4, -0.2) is 11.9 Å². The van der Waals surface area contributed by atoms with E-state index in [4.69, 9.17) is 11.6 Å². The van der Waals surface area contributed by atoms with Crippen molar-refractivity contribution >= 4 is 11.6 Å². The molecule has 1 N–H and O–H groups in total. The van der Waals surface area contributed by atoms with Crippen molar-refractivity contribution in [2.75, 3.05) is 5.88 Å². The summed E-state index contributed by atoms with van der Waals surface area (Å²) in [6.07, 6.45) is 1.03. The smallest absolute Gasteiger partial charge is 0.0238 e. The van der Waals surface area contributed by atoms with E-state index in [1.54, 1.807) is 0 Å². The van der Waals surface area contributed by atoms with Gasteiger partial charge in [-0.3, -0.25) is 0 Å². The molecule has 1 nitrogen and oxygen atoms in total. The van der Waals surface area contributed by atoms with Crippen LogP contribution in [-0.2, 0) is 6.54 Å². The average molecular weight is 254 g/mol. The Morgan fingerprint density at radius 1 is 1.18 bits per heavy atom. The third kappa shape index (κ3) is 4.69. The van der Waals surface area contributed by atoms with Gasteiger partial charge >= 0.3 is 0 Å². The fourth-order valence-electron chi connectivity index (χ4n) is 1.95. The molecule has 1 rings (SSSR count). The van der Waals surface area contributed by atoms with Crippen LogP contribution in [0.3, 0.4) is 0 Å². The fraction of sp³-hybridized carbons (Fsp3) is 0.600. The Morgan fingerprint density at radius 2 is 1.88 bits per heavy atom. The molecule has 1 aromatic carbocycles. The Morgan fingerprint density at radius 3 is 2.41 bits per heavy atom. The molecule has 2 heteroatoms. The van der Waals surface area contributed by atoms with Gasteiger partial charge in [0.05, 0.1) is 0 Å². The van der Waals surface area contributed by atoms with Gasteiger partial charge in [0.1, 0.15) is 0 Å². The van der Waals surface area contributed by atoms with Crippen molar-refractivity contribution in [2.45, 2.75) is 46.7 Å². The van der Waals surface area contributed by atoms with Crippen LogP contribution < -0.4 is 5.32 Å². The molecule has 1 aromatic rings. The molecule has 0 spiro atoms. The molecule has 17 heavy (non-hydrogen) atoms. The van der Waals surface area contributed by atoms with Crippen LogP contribution in [0.15, 0.2) is 18.2 Å². The highest BCUT2D eigenvalue weighted by atomic mass is 35.5. The van der Waals surface area contributed by atoms with Gasteiger partial charge in [-0.2, -0.15) is 0 Å². The van der Waals surface area contributed by atoms with Crippen LogP contribution in [0, 0.1) is 19.8 Å². The standard InChI is InChI=1S/C15H24ClN/c1-11(2)15(7-8-16)17-10-14-6-5-12(3)13(4)9-14/h5-6,9,11,15,17H,7-8,10H2,1-4H3. The van der Waals surface area contributed by atoms with Crippen LogP contribution in [0.2, 0.25) is 0 Å². The number of rotatable bonds is 6. The molecule has 0 radical (unpaired) electrons. The van der Waals surface area contributed by atoms with Gasteiger partial charge in [0.25, 0.3) is 0 Å². The maximum Gasteiger partial charge on any atom is 0.0238 e. The lowest BCUT2D eigenvalue weighted by Crippen LogP contribution is -2.33. The largest absolute Gasteiger partial charge is 0.310 e. The van der Waals surface area contributed by atoms with E-state index in [1.807, 2.05) is 0 Å². The van der Waals surface area contributed by atoms with Crippen LogP contribution in [0.1, 0.15) is 37.0 Å². The molecule has 0 bridgehead atoms. The molecule has 96 valence electrons. The lowest BCUT2D eigenvalue weighted by Gasteiger charge is -2.21. The minimum atomic E-state index is 0.508. The molecule has 0 aliphatic rings. The third-order valence-electron chi connectivity index (χ3n) is 3.36. The van der Waals surface area contributed by atoms with E-state index in [1.165, 1.54) is 16.7 Å². The van der Waals surface area contributed by atoms with Gasteiger partial charge in [0.2, 0.25) is 0 Å². The van der Waals surface area contributed by atoms with E-state index >= 15 is 0 Å². The Bertz CT molecular complexity index is 347. The molecule has 0 aromatic heterocycles. The summed E-state index contributed by atoms with van der Waals surface area (Å²) in [7, 11) is 0. The summed E-state index contributed by atoms with van der Waals surface area (Å²) in [4.78, 5) is 0. The van der Waals surface area contributed by atoms with Crippen LogP contribution in [0.5, 0.6) is 0 Å². The molecule has 0 aliphatic carbocycles. The second kappa shape index (κ2) is 7.03. The molecular weight excluding hydrogens is 230 g/mol. The summed E-state index contributed by atoms with van der Waals surface area (Å²) in [5.74, 6) is 1.35. The molecule has 1 unspecified atom stereocenters. The summed E-state index contributed by atoms with van der Waals surface area (Å²) in [6.45, 7) is 9.73. The lowest BCUT2D eigenvalue weighted by atomic mass is 10.0. The Labute approximate surface area is 111 Å². The van der Waals surface area contributed by atoms with Crippen molar-refractivity contribution in [3.8, 4) is 0 Å². The highest BCUT2D eigenvalue weighted by molar-refractivity contribution is 6.17. The second-order valence-electron chi connectivity index (χ2n) is 5.13. The lowest BCUT2D eigenvalue weighted by molar-refractivity contribution is 0.389. The zero-order valence-corrected chi connectivity index (χ0v) is 12.1. The highest BCUT2D eigenvalue weighted by Gasteiger charge is 2.11. The summed E-state index contributed by atoms with van der Waals surface area (Å²) >= 11 is 5.83. The topological polar surface area (TPSA) is 12.0 Å². The molecule has 0 aliphatic heterocycles. The number of hydrogen-bond acceptors (Lipinski definition) is 1. The van der Waals surface area contributed by atoms with Gasteiger partial charge in [0.15, 0.2) is 0 Å². The molecule has 0 saturated carbocycles. The molecule has 0 amide bonds. The zero-order chi connectivity index (χ0) is 12.8. The number of alkyl halides is 1. The number of aryl methyl sites for hydroxylation is 2. The quantitative estimate of drug-likeness (QED) is 0.755. The maximum absolute atomic E-state index is 5.83. The number of benzene rings is 1. The van der Waals surface area contributed by atoms with Gasteiger partial charge in [-0.25, -0.2) is 0 Å². The van der Waals surface area contributed by atoms with E-state index in [9.17, 15) is 0 Å². The predicted octanol–water partition coefficient (Wildman–Crippen LogP) is 4.05. The van der Waals surface area contributed by atoms with Gasteiger partial charge in [-0.1, -0.05) is 32.0 Å². The summed E-state index contributed by atoms with van der Waals surface area (Å²) in [6, 6.07) is 7.17. The number of hydrogen-bond donors (Lipinski definition) is 1. The summed E-state index contributed by atoms with van der Waals surface area (Å²) in [5.41, 5.74) is 4.07. The van der Waals surface area contributed by atoms with E-state index in [0.29, 0.717) is 12.0 Å². The van der Waals surface area contributed by atoms with Crippen molar-refractivity contribution in [1.29, 1.82) is 0 Å². The fourth-order valence-corrected chi connectivity index (χ4v) is 2.19.